The van der Waals surface area contributed by atoms with Crippen molar-refractivity contribution in [2.24, 2.45) is 0 Å². The van der Waals surface area contributed by atoms with E-state index in [-0.39, 0.29) is 12.1 Å². The van der Waals surface area contributed by atoms with Crippen molar-refractivity contribution < 1.29 is 13.9 Å². The molecule has 0 bridgehead atoms. The van der Waals surface area contributed by atoms with Crippen LogP contribution in [0.3, 0.4) is 0 Å². The first kappa shape index (κ1) is 15.8. The molecule has 0 amide bonds. The van der Waals surface area contributed by atoms with Gasteiger partial charge < -0.3 is 5.11 Å². The smallest absolute Gasteiger partial charge is 0.131 e. The maximum atomic E-state index is 13.7. The van der Waals surface area contributed by atoms with Crippen LogP contribution in [-0.2, 0) is 0 Å². The molecule has 2 nitrogen and oxygen atoms in total. The van der Waals surface area contributed by atoms with E-state index in [9.17, 15) is 13.9 Å². The summed E-state index contributed by atoms with van der Waals surface area (Å²) in [5, 5.41) is 10.2. The van der Waals surface area contributed by atoms with Crippen molar-refractivity contribution >= 4 is 5.57 Å². The molecule has 1 heterocycles. The molecular formula is C19H19F2NO. The summed E-state index contributed by atoms with van der Waals surface area (Å²) in [7, 11) is 0. The number of hydrogen-bond acceptors (Lipinski definition) is 2. The average Bonchev–Trinajstić information content (AvgIpc) is 2.56. The molecule has 1 aliphatic heterocycles. The number of rotatable bonds is 4. The maximum absolute atomic E-state index is 13.7. The Kier molecular flexibility index (Phi) is 4.84. The third kappa shape index (κ3) is 3.66. The van der Waals surface area contributed by atoms with E-state index in [2.05, 4.69) is 18.2 Å². The molecule has 0 saturated heterocycles. The number of benzene rings is 2. The highest BCUT2D eigenvalue weighted by Crippen LogP contribution is 2.25. The van der Waals surface area contributed by atoms with Gasteiger partial charge in [0, 0.05) is 19.6 Å². The van der Waals surface area contributed by atoms with Gasteiger partial charge in [0.2, 0.25) is 0 Å². The van der Waals surface area contributed by atoms with Gasteiger partial charge in [0.25, 0.3) is 0 Å². The molecule has 2 aromatic rings. The van der Waals surface area contributed by atoms with Gasteiger partial charge in [0.05, 0.1) is 11.7 Å². The minimum absolute atomic E-state index is 0.219. The van der Waals surface area contributed by atoms with Gasteiger partial charge in [-0.25, -0.2) is 8.78 Å². The van der Waals surface area contributed by atoms with Crippen molar-refractivity contribution in [3.8, 4) is 0 Å². The molecule has 1 N–H and O–H groups in total. The average molecular weight is 315 g/mol. The fourth-order valence-corrected chi connectivity index (χ4v) is 2.96. The van der Waals surface area contributed by atoms with E-state index in [4.69, 9.17) is 0 Å². The van der Waals surface area contributed by atoms with Crippen molar-refractivity contribution in [2.45, 2.75) is 12.5 Å². The predicted octanol–water partition coefficient (Wildman–Crippen LogP) is 3.79. The van der Waals surface area contributed by atoms with Crippen LogP contribution in [-0.4, -0.2) is 29.6 Å². The Morgan fingerprint density at radius 1 is 1.00 bits per heavy atom. The highest BCUT2D eigenvalue weighted by Gasteiger charge is 2.22. The Bertz CT molecular complexity index is 680. The second-order valence-electron chi connectivity index (χ2n) is 5.76. The van der Waals surface area contributed by atoms with Gasteiger partial charge in [-0.15, -0.1) is 0 Å². The Labute approximate surface area is 134 Å². The van der Waals surface area contributed by atoms with E-state index in [1.54, 1.807) is 0 Å². The minimum atomic E-state index is -1.16. The van der Waals surface area contributed by atoms with Gasteiger partial charge in [-0.2, -0.15) is 0 Å². The Morgan fingerprint density at radius 2 is 1.70 bits per heavy atom. The molecule has 0 radical (unpaired) electrons. The fraction of sp³-hybridized carbons (Fsp3) is 0.263. The molecule has 120 valence electrons. The Balaban J connectivity index is 1.66. The van der Waals surface area contributed by atoms with Crippen LogP contribution in [0.15, 0.2) is 54.6 Å². The molecule has 0 fully saturated rings. The Morgan fingerprint density at radius 3 is 2.30 bits per heavy atom. The second kappa shape index (κ2) is 7.02. The normalized spacial score (nSPS) is 16.9. The fourth-order valence-electron chi connectivity index (χ4n) is 2.96. The molecule has 23 heavy (non-hydrogen) atoms. The number of hydrogen-bond donors (Lipinski definition) is 1. The highest BCUT2D eigenvalue weighted by atomic mass is 19.1. The molecule has 1 aliphatic rings. The number of nitrogens with zero attached hydrogens (tertiary/aromatic N) is 1. The summed E-state index contributed by atoms with van der Waals surface area (Å²) in [6, 6.07) is 13.8. The number of aliphatic hydroxyl groups is 1. The monoisotopic (exact) mass is 315 g/mol. The van der Waals surface area contributed by atoms with Crippen molar-refractivity contribution in [1.29, 1.82) is 0 Å². The second-order valence-corrected chi connectivity index (χ2v) is 5.76. The lowest BCUT2D eigenvalue weighted by molar-refractivity contribution is 0.112. The van der Waals surface area contributed by atoms with E-state index >= 15 is 0 Å². The first-order valence-electron chi connectivity index (χ1n) is 7.74. The molecule has 1 unspecified atom stereocenters. The first-order valence-corrected chi connectivity index (χ1v) is 7.74. The Hall–Kier alpha value is -2.04. The van der Waals surface area contributed by atoms with E-state index in [0.29, 0.717) is 6.54 Å². The summed E-state index contributed by atoms with van der Waals surface area (Å²) in [5.41, 5.74) is 2.23. The van der Waals surface area contributed by atoms with Crippen LogP contribution in [0.25, 0.3) is 5.57 Å². The van der Waals surface area contributed by atoms with Crippen LogP contribution in [0.5, 0.6) is 0 Å². The third-order valence-electron chi connectivity index (χ3n) is 4.20. The van der Waals surface area contributed by atoms with Gasteiger partial charge in [0.15, 0.2) is 0 Å². The lowest BCUT2D eigenvalue weighted by Crippen LogP contribution is -2.33. The summed E-state index contributed by atoms with van der Waals surface area (Å²) in [4.78, 5) is 2.00. The molecule has 0 aliphatic carbocycles. The van der Waals surface area contributed by atoms with E-state index in [1.807, 2.05) is 23.1 Å². The van der Waals surface area contributed by atoms with Crippen molar-refractivity contribution in [3.63, 3.8) is 0 Å². The van der Waals surface area contributed by atoms with Crippen LogP contribution >= 0.6 is 0 Å². The molecule has 4 heteroatoms. The zero-order chi connectivity index (χ0) is 16.2. The quantitative estimate of drug-likeness (QED) is 0.928. The van der Waals surface area contributed by atoms with Gasteiger partial charge in [-0.3, -0.25) is 4.90 Å². The van der Waals surface area contributed by atoms with Crippen molar-refractivity contribution in [2.75, 3.05) is 19.6 Å². The van der Waals surface area contributed by atoms with Crippen LogP contribution in [0.2, 0.25) is 0 Å². The van der Waals surface area contributed by atoms with E-state index in [1.165, 1.54) is 29.3 Å². The third-order valence-corrected chi connectivity index (χ3v) is 4.20. The van der Waals surface area contributed by atoms with Gasteiger partial charge in [-0.05, 0) is 29.7 Å². The number of β-amino-alcohol motifs (C(OH)–C–C–N with tert-alkyl or cyclic N) is 1. The zero-order valence-electron chi connectivity index (χ0n) is 12.8. The molecule has 0 aromatic heterocycles. The lowest BCUT2D eigenvalue weighted by atomic mass is 9.99. The zero-order valence-corrected chi connectivity index (χ0v) is 12.8. The largest absolute Gasteiger partial charge is 0.387 e. The van der Waals surface area contributed by atoms with E-state index in [0.717, 1.165) is 13.0 Å². The van der Waals surface area contributed by atoms with Crippen LogP contribution < -0.4 is 0 Å². The van der Waals surface area contributed by atoms with Crippen LogP contribution in [0, 0.1) is 11.6 Å². The SMILES string of the molecule is OC(CN1CC=C(c2ccccc2)CC1)c1c(F)cccc1F. The van der Waals surface area contributed by atoms with Gasteiger partial charge in [0.1, 0.15) is 11.6 Å². The van der Waals surface area contributed by atoms with Crippen molar-refractivity contribution in [3.05, 3.63) is 77.4 Å². The molecule has 3 rings (SSSR count). The molecule has 1 atom stereocenters. The number of halogens is 2. The first-order chi connectivity index (χ1) is 11.1. The summed E-state index contributed by atoms with van der Waals surface area (Å²) < 4.78 is 27.4. The van der Waals surface area contributed by atoms with Crippen LogP contribution in [0.1, 0.15) is 23.7 Å². The molecule has 0 saturated carbocycles. The maximum Gasteiger partial charge on any atom is 0.131 e. The summed E-state index contributed by atoms with van der Waals surface area (Å²) >= 11 is 0. The topological polar surface area (TPSA) is 23.5 Å². The number of aliphatic hydroxyl groups excluding tert-OH is 1. The highest BCUT2D eigenvalue weighted by molar-refractivity contribution is 5.66. The van der Waals surface area contributed by atoms with Gasteiger partial charge in [-0.1, -0.05) is 42.5 Å². The van der Waals surface area contributed by atoms with Crippen LogP contribution in [0.4, 0.5) is 8.78 Å². The molecule has 2 aromatic carbocycles. The predicted molar refractivity (Wildman–Crippen MR) is 86.8 cm³/mol. The summed E-state index contributed by atoms with van der Waals surface area (Å²) in [5.74, 6) is -1.40. The van der Waals surface area contributed by atoms with Gasteiger partial charge >= 0.3 is 0 Å². The molecule has 0 spiro atoms. The lowest BCUT2D eigenvalue weighted by Gasteiger charge is -2.28. The standard InChI is InChI=1S/C19H19F2NO/c20-16-7-4-8-17(21)19(16)18(23)13-22-11-9-15(10-12-22)14-5-2-1-3-6-14/h1-9,18,23H,10-13H2. The summed E-state index contributed by atoms with van der Waals surface area (Å²) in [6.45, 7) is 1.64. The molecular weight excluding hydrogens is 296 g/mol. The van der Waals surface area contributed by atoms with Crippen molar-refractivity contribution in [1.82, 2.24) is 4.90 Å². The van der Waals surface area contributed by atoms with E-state index < -0.39 is 17.7 Å². The summed E-state index contributed by atoms with van der Waals surface area (Å²) in [6.07, 6.45) is 1.81. The minimum Gasteiger partial charge on any atom is -0.387 e.